The van der Waals surface area contributed by atoms with Crippen molar-refractivity contribution in [2.24, 2.45) is 5.73 Å². The molecule has 3 N–H and O–H groups in total. The Morgan fingerprint density at radius 2 is 2.18 bits per heavy atom. The molecule has 1 amide bonds. The van der Waals surface area contributed by atoms with E-state index in [1.807, 2.05) is 0 Å². The summed E-state index contributed by atoms with van der Waals surface area (Å²) in [6.07, 6.45) is -0.455. The normalized spacial score (nSPS) is 11.9. The van der Waals surface area contributed by atoms with Crippen LogP contribution in [0.1, 0.15) is 23.7 Å². The summed E-state index contributed by atoms with van der Waals surface area (Å²) in [7, 11) is 0. The van der Waals surface area contributed by atoms with E-state index in [0.29, 0.717) is 10.9 Å². The Kier molecular flexibility index (Phi) is 4.51. The third kappa shape index (κ3) is 3.45. The van der Waals surface area contributed by atoms with Gasteiger partial charge < -0.3 is 15.6 Å². The minimum absolute atomic E-state index is 0.00657. The molecular weight excluding hydrogens is 290 g/mol. The van der Waals surface area contributed by atoms with Gasteiger partial charge in [-0.25, -0.2) is 4.79 Å². The Hall–Kier alpha value is -1.56. The number of amides is 1. The van der Waals surface area contributed by atoms with E-state index in [0.717, 1.165) is 0 Å². The highest BCUT2D eigenvalue weighted by Gasteiger charge is 2.19. The lowest BCUT2D eigenvalue weighted by Gasteiger charge is -2.15. The predicted molar refractivity (Wildman–Crippen MR) is 65.0 cm³/mol. The SMILES string of the molecule is CCC(Oc1cc(Br)ccc1C(=O)O)C(N)=O. The minimum Gasteiger partial charge on any atom is -0.480 e. The van der Waals surface area contributed by atoms with Gasteiger partial charge in [-0.3, -0.25) is 4.79 Å². The van der Waals surface area contributed by atoms with Gasteiger partial charge in [-0.15, -0.1) is 0 Å². The van der Waals surface area contributed by atoms with Crippen molar-refractivity contribution in [1.82, 2.24) is 0 Å². The first kappa shape index (κ1) is 13.5. The second kappa shape index (κ2) is 5.67. The number of carboxylic acids is 1. The van der Waals surface area contributed by atoms with Crippen molar-refractivity contribution in [2.75, 3.05) is 0 Å². The van der Waals surface area contributed by atoms with Gasteiger partial charge in [0.05, 0.1) is 0 Å². The topological polar surface area (TPSA) is 89.6 Å². The van der Waals surface area contributed by atoms with Crippen LogP contribution >= 0.6 is 15.9 Å². The lowest BCUT2D eigenvalue weighted by molar-refractivity contribution is -0.124. The van der Waals surface area contributed by atoms with Crippen molar-refractivity contribution in [1.29, 1.82) is 0 Å². The molecule has 0 aliphatic carbocycles. The van der Waals surface area contributed by atoms with Gasteiger partial charge in [0.15, 0.2) is 6.10 Å². The molecule has 0 aliphatic rings. The van der Waals surface area contributed by atoms with Crippen molar-refractivity contribution >= 4 is 27.8 Å². The number of benzene rings is 1. The van der Waals surface area contributed by atoms with Crippen molar-refractivity contribution in [2.45, 2.75) is 19.4 Å². The smallest absolute Gasteiger partial charge is 0.339 e. The van der Waals surface area contributed by atoms with Gasteiger partial charge in [-0.2, -0.15) is 0 Å². The van der Waals surface area contributed by atoms with E-state index < -0.39 is 18.0 Å². The molecular formula is C11H12BrNO4. The number of rotatable bonds is 5. The Bertz CT molecular complexity index is 447. The minimum atomic E-state index is -1.12. The maximum Gasteiger partial charge on any atom is 0.339 e. The molecule has 0 bridgehead atoms. The summed E-state index contributed by atoms with van der Waals surface area (Å²) in [5, 5.41) is 8.97. The summed E-state index contributed by atoms with van der Waals surface area (Å²) in [6.45, 7) is 1.73. The molecule has 17 heavy (non-hydrogen) atoms. The first-order chi connectivity index (χ1) is 7.95. The monoisotopic (exact) mass is 301 g/mol. The van der Waals surface area contributed by atoms with Crippen LogP contribution in [0.2, 0.25) is 0 Å². The molecule has 92 valence electrons. The predicted octanol–water partition coefficient (Wildman–Crippen LogP) is 1.79. The number of primary amides is 1. The van der Waals surface area contributed by atoms with Crippen LogP contribution in [0, 0.1) is 0 Å². The van der Waals surface area contributed by atoms with Crippen LogP contribution in [0.15, 0.2) is 22.7 Å². The van der Waals surface area contributed by atoms with Crippen molar-refractivity contribution in [3.63, 3.8) is 0 Å². The highest BCUT2D eigenvalue weighted by atomic mass is 79.9. The first-order valence-electron chi connectivity index (χ1n) is 4.94. The molecule has 6 heteroatoms. The lowest BCUT2D eigenvalue weighted by atomic mass is 10.2. The first-order valence-corrected chi connectivity index (χ1v) is 5.73. The second-order valence-corrected chi connectivity index (χ2v) is 4.28. The van der Waals surface area contributed by atoms with Crippen LogP contribution in [-0.4, -0.2) is 23.1 Å². The van der Waals surface area contributed by atoms with E-state index >= 15 is 0 Å². The number of hydrogen-bond donors (Lipinski definition) is 2. The van der Waals surface area contributed by atoms with E-state index in [4.69, 9.17) is 15.6 Å². The van der Waals surface area contributed by atoms with Gasteiger partial charge in [-0.1, -0.05) is 22.9 Å². The second-order valence-electron chi connectivity index (χ2n) is 3.36. The summed E-state index contributed by atoms with van der Waals surface area (Å²) in [6, 6.07) is 4.48. The van der Waals surface area contributed by atoms with Crippen LogP contribution in [0.5, 0.6) is 5.75 Å². The van der Waals surface area contributed by atoms with E-state index in [1.165, 1.54) is 12.1 Å². The highest BCUT2D eigenvalue weighted by molar-refractivity contribution is 9.10. The highest BCUT2D eigenvalue weighted by Crippen LogP contribution is 2.25. The summed E-state index contributed by atoms with van der Waals surface area (Å²) < 4.78 is 5.98. The van der Waals surface area contributed by atoms with E-state index in [2.05, 4.69) is 15.9 Å². The molecule has 0 aromatic heterocycles. The molecule has 0 radical (unpaired) electrons. The third-order valence-electron chi connectivity index (χ3n) is 2.13. The molecule has 1 unspecified atom stereocenters. The van der Waals surface area contributed by atoms with Crippen molar-refractivity contribution < 1.29 is 19.4 Å². The van der Waals surface area contributed by atoms with Crippen LogP contribution in [0.25, 0.3) is 0 Å². The standard InChI is InChI=1S/C11H12BrNO4/c1-2-8(10(13)14)17-9-5-6(12)3-4-7(9)11(15)16/h3-5,8H,2H2,1H3,(H2,13,14)(H,15,16). The van der Waals surface area contributed by atoms with Gasteiger partial charge >= 0.3 is 5.97 Å². The largest absolute Gasteiger partial charge is 0.480 e. The molecule has 0 aliphatic heterocycles. The molecule has 0 saturated heterocycles. The van der Waals surface area contributed by atoms with Crippen LogP contribution in [-0.2, 0) is 4.79 Å². The van der Waals surface area contributed by atoms with Crippen LogP contribution in [0.4, 0.5) is 0 Å². The van der Waals surface area contributed by atoms with Crippen LogP contribution < -0.4 is 10.5 Å². The van der Waals surface area contributed by atoms with Crippen molar-refractivity contribution in [3.05, 3.63) is 28.2 Å². The molecule has 1 aromatic rings. The molecule has 0 saturated carbocycles. The Morgan fingerprint density at radius 1 is 1.53 bits per heavy atom. The van der Waals surface area contributed by atoms with E-state index in [-0.39, 0.29) is 11.3 Å². The summed E-state index contributed by atoms with van der Waals surface area (Å²) in [5.74, 6) is -1.62. The molecule has 5 nitrogen and oxygen atoms in total. The fourth-order valence-electron chi connectivity index (χ4n) is 1.27. The zero-order chi connectivity index (χ0) is 13.0. The summed E-state index contributed by atoms with van der Waals surface area (Å²) in [5.41, 5.74) is 5.13. The van der Waals surface area contributed by atoms with Gasteiger partial charge in [0.25, 0.3) is 5.91 Å². The van der Waals surface area contributed by atoms with Gasteiger partial charge in [0, 0.05) is 4.47 Å². The third-order valence-corrected chi connectivity index (χ3v) is 2.62. The number of halogens is 1. The maximum absolute atomic E-state index is 11.0. The Balaban J connectivity index is 3.07. The number of hydrogen-bond acceptors (Lipinski definition) is 3. The molecule has 1 aromatic carbocycles. The van der Waals surface area contributed by atoms with Crippen LogP contribution in [0.3, 0.4) is 0 Å². The molecule has 1 rings (SSSR count). The Morgan fingerprint density at radius 3 is 2.65 bits per heavy atom. The van der Waals surface area contributed by atoms with E-state index in [1.54, 1.807) is 13.0 Å². The fourth-order valence-corrected chi connectivity index (χ4v) is 1.61. The van der Waals surface area contributed by atoms with E-state index in [9.17, 15) is 9.59 Å². The Labute approximate surface area is 107 Å². The van der Waals surface area contributed by atoms with Gasteiger partial charge in [0.2, 0.25) is 0 Å². The summed E-state index contributed by atoms with van der Waals surface area (Å²) >= 11 is 3.21. The van der Waals surface area contributed by atoms with Gasteiger partial charge in [-0.05, 0) is 24.6 Å². The number of aromatic carboxylic acids is 1. The average Bonchev–Trinajstić information content (AvgIpc) is 2.25. The number of carbonyl (C=O) groups excluding carboxylic acids is 1. The fraction of sp³-hybridized carbons (Fsp3) is 0.273. The van der Waals surface area contributed by atoms with Gasteiger partial charge in [0.1, 0.15) is 11.3 Å². The number of carboxylic acid groups (broad SMARTS) is 1. The average molecular weight is 302 g/mol. The number of ether oxygens (including phenoxy) is 1. The zero-order valence-corrected chi connectivity index (χ0v) is 10.7. The summed E-state index contributed by atoms with van der Waals surface area (Å²) in [4.78, 5) is 22.0. The quantitative estimate of drug-likeness (QED) is 0.867. The lowest BCUT2D eigenvalue weighted by Crippen LogP contribution is -2.33. The number of carbonyl (C=O) groups is 2. The molecule has 0 heterocycles. The zero-order valence-electron chi connectivity index (χ0n) is 9.14. The molecule has 0 fully saturated rings. The molecule has 0 spiro atoms. The number of nitrogens with two attached hydrogens (primary N) is 1. The molecule has 1 atom stereocenters. The maximum atomic E-state index is 11.0. The van der Waals surface area contributed by atoms with Crippen molar-refractivity contribution in [3.8, 4) is 5.75 Å².